The molecule has 2 aliphatic rings. The third kappa shape index (κ3) is 6.76. The van der Waals surface area contributed by atoms with Crippen LogP contribution in [-0.4, -0.2) is 22.9 Å². The molecule has 2 heteroatoms. The first-order valence-electron chi connectivity index (χ1n) is 8.46. The molecule has 0 aliphatic heterocycles. The Morgan fingerprint density at radius 1 is 0.842 bits per heavy atom. The van der Waals surface area contributed by atoms with Gasteiger partial charge in [-0.2, -0.15) is 0 Å². The Labute approximate surface area is 119 Å². The van der Waals surface area contributed by atoms with E-state index in [0.29, 0.717) is 6.61 Å². The molecule has 114 valence electrons. The maximum Gasteiger partial charge on any atom is 0.0540 e. The predicted octanol–water partition coefficient (Wildman–Crippen LogP) is 4.14. The van der Waals surface area contributed by atoms with E-state index in [1.165, 1.54) is 38.5 Å². The minimum atomic E-state index is 0.0220. The third-order valence-electron chi connectivity index (χ3n) is 4.98. The maximum absolute atomic E-state index is 9.47. The highest BCUT2D eigenvalue weighted by molar-refractivity contribution is 4.80. The summed E-state index contributed by atoms with van der Waals surface area (Å²) in [5.41, 5.74) is 0. The van der Waals surface area contributed by atoms with Crippen molar-refractivity contribution in [2.75, 3.05) is 6.61 Å². The van der Waals surface area contributed by atoms with Crippen molar-refractivity contribution >= 4 is 0 Å². The molecule has 0 radical (unpaired) electrons. The monoisotopic (exact) mass is 270 g/mol. The summed E-state index contributed by atoms with van der Waals surface area (Å²) in [6, 6.07) is 0. The highest BCUT2D eigenvalue weighted by Crippen LogP contribution is 2.39. The molecule has 2 N–H and O–H groups in total. The van der Waals surface area contributed by atoms with Crippen LogP contribution in [0.4, 0.5) is 0 Å². The van der Waals surface area contributed by atoms with Gasteiger partial charge in [-0.1, -0.05) is 33.1 Å². The van der Waals surface area contributed by atoms with Crippen LogP contribution in [0.25, 0.3) is 0 Å². The van der Waals surface area contributed by atoms with E-state index in [1.807, 2.05) is 0 Å². The van der Waals surface area contributed by atoms with Crippen LogP contribution in [0.5, 0.6) is 0 Å². The predicted molar refractivity (Wildman–Crippen MR) is 81.1 cm³/mol. The average Bonchev–Trinajstić information content (AvgIpc) is 2.42. The minimum Gasteiger partial charge on any atom is -0.396 e. The first-order valence-corrected chi connectivity index (χ1v) is 8.46. The molecule has 0 aromatic heterocycles. The summed E-state index contributed by atoms with van der Waals surface area (Å²) in [5.74, 6) is 2.92. The molecule has 0 aromatic rings. The van der Waals surface area contributed by atoms with Gasteiger partial charge in [0, 0.05) is 6.61 Å². The largest absolute Gasteiger partial charge is 0.396 e. The van der Waals surface area contributed by atoms with Crippen molar-refractivity contribution in [1.29, 1.82) is 0 Å². The van der Waals surface area contributed by atoms with Gasteiger partial charge in [-0.15, -0.1) is 0 Å². The quantitative estimate of drug-likeness (QED) is 0.809. The van der Waals surface area contributed by atoms with Crippen LogP contribution in [0.15, 0.2) is 0 Å². The number of aliphatic hydroxyl groups is 2. The van der Waals surface area contributed by atoms with Crippen molar-refractivity contribution < 1.29 is 10.2 Å². The van der Waals surface area contributed by atoms with E-state index < -0.39 is 0 Å². The molecule has 0 aromatic carbocycles. The topological polar surface area (TPSA) is 40.5 Å². The number of rotatable bonds is 3. The fourth-order valence-electron chi connectivity index (χ4n) is 3.49. The Kier molecular flexibility index (Phi) is 8.72. The summed E-state index contributed by atoms with van der Waals surface area (Å²) in [4.78, 5) is 0. The van der Waals surface area contributed by atoms with Crippen LogP contribution in [-0.2, 0) is 0 Å². The van der Waals surface area contributed by atoms with E-state index in [2.05, 4.69) is 13.8 Å². The molecule has 0 heterocycles. The SMILES string of the molecule is CC1CCC(C2CCC(O)CC2)CC1.CCCCO. The average molecular weight is 270 g/mol. The molecule has 2 nitrogen and oxygen atoms in total. The second-order valence-corrected chi connectivity index (χ2v) is 6.67. The van der Waals surface area contributed by atoms with Crippen LogP contribution >= 0.6 is 0 Å². The smallest absolute Gasteiger partial charge is 0.0540 e. The van der Waals surface area contributed by atoms with E-state index in [-0.39, 0.29) is 6.10 Å². The van der Waals surface area contributed by atoms with Gasteiger partial charge in [0.15, 0.2) is 0 Å². The third-order valence-corrected chi connectivity index (χ3v) is 4.98. The van der Waals surface area contributed by atoms with Gasteiger partial charge in [-0.25, -0.2) is 0 Å². The van der Waals surface area contributed by atoms with Crippen LogP contribution in [0.1, 0.15) is 78.1 Å². The first kappa shape index (κ1) is 17.0. The lowest BCUT2D eigenvalue weighted by Crippen LogP contribution is -2.26. The number of aliphatic hydroxyl groups excluding tert-OH is 2. The van der Waals surface area contributed by atoms with Gasteiger partial charge in [0.05, 0.1) is 6.10 Å². The molecule has 0 atom stereocenters. The van der Waals surface area contributed by atoms with Crippen molar-refractivity contribution in [2.24, 2.45) is 17.8 Å². The van der Waals surface area contributed by atoms with E-state index >= 15 is 0 Å². The molecule has 0 amide bonds. The van der Waals surface area contributed by atoms with Gasteiger partial charge in [0.1, 0.15) is 0 Å². The molecule has 2 rings (SSSR count). The van der Waals surface area contributed by atoms with Crippen molar-refractivity contribution in [3.8, 4) is 0 Å². The molecule has 19 heavy (non-hydrogen) atoms. The van der Waals surface area contributed by atoms with Gasteiger partial charge in [0.25, 0.3) is 0 Å². The molecular formula is C17H34O2. The second kappa shape index (κ2) is 9.77. The fraction of sp³-hybridized carbons (Fsp3) is 1.00. The molecule has 2 aliphatic carbocycles. The van der Waals surface area contributed by atoms with Crippen molar-refractivity contribution in [3.05, 3.63) is 0 Å². The fourth-order valence-corrected chi connectivity index (χ4v) is 3.49. The minimum absolute atomic E-state index is 0.0220. The summed E-state index contributed by atoms with van der Waals surface area (Å²) < 4.78 is 0. The normalized spacial score (nSPS) is 35.4. The van der Waals surface area contributed by atoms with Crippen LogP contribution in [0.2, 0.25) is 0 Å². The zero-order chi connectivity index (χ0) is 14.1. The van der Waals surface area contributed by atoms with E-state index in [4.69, 9.17) is 5.11 Å². The number of unbranched alkanes of at least 4 members (excludes halogenated alkanes) is 1. The summed E-state index contributed by atoms with van der Waals surface area (Å²) in [6.45, 7) is 4.79. The summed E-state index contributed by atoms with van der Waals surface area (Å²) >= 11 is 0. The lowest BCUT2D eigenvalue weighted by Gasteiger charge is -2.36. The first-order chi connectivity index (χ1) is 9.17. The Morgan fingerprint density at radius 2 is 1.32 bits per heavy atom. The van der Waals surface area contributed by atoms with Crippen LogP contribution < -0.4 is 0 Å². The Bertz CT molecular complexity index is 179. The van der Waals surface area contributed by atoms with Crippen molar-refractivity contribution in [1.82, 2.24) is 0 Å². The zero-order valence-corrected chi connectivity index (χ0v) is 13.0. The highest BCUT2D eigenvalue weighted by atomic mass is 16.3. The Hall–Kier alpha value is -0.0800. The van der Waals surface area contributed by atoms with Gasteiger partial charge in [-0.05, 0) is 62.7 Å². The molecule has 0 unspecified atom stereocenters. The van der Waals surface area contributed by atoms with Gasteiger partial charge >= 0.3 is 0 Å². The Balaban J connectivity index is 0.000000312. The van der Waals surface area contributed by atoms with Gasteiger partial charge in [-0.3, -0.25) is 0 Å². The number of hydrogen-bond acceptors (Lipinski definition) is 2. The molecule has 2 saturated carbocycles. The van der Waals surface area contributed by atoms with Crippen LogP contribution in [0, 0.1) is 17.8 Å². The van der Waals surface area contributed by atoms with E-state index in [0.717, 1.165) is 43.4 Å². The van der Waals surface area contributed by atoms with Crippen molar-refractivity contribution in [3.63, 3.8) is 0 Å². The van der Waals surface area contributed by atoms with Crippen molar-refractivity contribution in [2.45, 2.75) is 84.2 Å². The van der Waals surface area contributed by atoms with E-state index in [9.17, 15) is 5.11 Å². The van der Waals surface area contributed by atoms with Gasteiger partial charge in [0.2, 0.25) is 0 Å². The zero-order valence-electron chi connectivity index (χ0n) is 13.0. The Morgan fingerprint density at radius 3 is 1.68 bits per heavy atom. The summed E-state index contributed by atoms with van der Waals surface area (Å²) in [7, 11) is 0. The molecule has 0 bridgehead atoms. The van der Waals surface area contributed by atoms with Crippen LogP contribution in [0.3, 0.4) is 0 Å². The highest BCUT2D eigenvalue weighted by Gasteiger charge is 2.29. The number of hydrogen-bond donors (Lipinski definition) is 2. The molecule has 0 spiro atoms. The summed E-state index contributed by atoms with van der Waals surface area (Å²) in [5, 5.41) is 17.5. The molecular weight excluding hydrogens is 236 g/mol. The lowest BCUT2D eigenvalue weighted by atomic mass is 9.71. The standard InChI is InChI=1S/C13H24O.C4H10O/c1-10-2-4-11(5-3-10)12-6-8-13(14)9-7-12;1-2-3-4-5/h10-14H,2-9H2,1H3;5H,2-4H2,1H3. The maximum atomic E-state index is 9.47. The van der Waals surface area contributed by atoms with E-state index in [1.54, 1.807) is 0 Å². The second-order valence-electron chi connectivity index (χ2n) is 6.67. The molecule has 2 fully saturated rings. The lowest BCUT2D eigenvalue weighted by molar-refractivity contribution is 0.0780. The molecule has 0 saturated heterocycles. The van der Waals surface area contributed by atoms with Gasteiger partial charge < -0.3 is 10.2 Å². The summed E-state index contributed by atoms with van der Waals surface area (Å²) in [6.07, 6.45) is 12.6.